The normalized spacial score (nSPS) is 10.8. The summed E-state index contributed by atoms with van der Waals surface area (Å²) >= 11 is 0. The number of hydrogen-bond donors (Lipinski definition) is 2. The molecule has 0 aromatic carbocycles. The molecular weight excluding hydrogens is 254 g/mol. The van der Waals surface area contributed by atoms with Crippen LogP contribution >= 0.6 is 12.4 Å². The van der Waals surface area contributed by atoms with E-state index < -0.39 is 0 Å². The van der Waals surface area contributed by atoms with Gasteiger partial charge in [-0.15, -0.1) is 12.4 Å². The Hall–Kier alpha value is -1.14. The van der Waals surface area contributed by atoms with Crippen LogP contribution in [0.5, 0.6) is 0 Å². The molecule has 0 aliphatic rings. The number of carbonyl (C=O) groups excluding carboxylic acids is 1. The van der Waals surface area contributed by atoms with Crippen molar-refractivity contribution in [2.45, 2.75) is 45.2 Å². The standard InChI is InChI=1S/C11H21N5O.ClH/c1-3-11(12,4-2)7-14-10(17)5-6-16-9-13-8-15-16;/h8-9H,3-7,12H2,1-2H3,(H,14,17);1H. The summed E-state index contributed by atoms with van der Waals surface area (Å²) in [5.74, 6) is -0.00257. The number of nitrogens with one attached hydrogen (secondary N) is 1. The Morgan fingerprint density at radius 1 is 1.44 bits per heavy atom. The summed E-state index contributed by atoms with van der Waals surface area (Å²) in [6.07, 6.45) is 5.15. The van der Waals surface area contributed by atoms with Gasteiger partial charge in [0.05, 0.1) is 6.54 Å². The largest absolute Gasteiger partial charge is 0.354 e. The van der Waals surface area contributed by atoms with E-state index in [2.05, 4.69) is 15.4 Å². The van der Waals surface area contributed by atoms with Crippen molar-refractivity contribution in [1.29, 1.82) is 0 Å². The van der Waals surface area contributed by atoms with E-state index in [9.17, 15) is 4.79 Å². The number of aryl methyl sites for hydroxylation is 1. The summed E-state index contributed by atoms with van der Waals surface area (Å²) in [6.45, 7) is 5.13. The van der Waals surface area contributed by atoms with Gasteiger partial charge in [-0.1, -0.05) is 13.8 Å². The molecule has 0 bridgehead atoms. The quantitative estimate of drug-likeness (QED) is 0.768. The van der Waals surface area contributed by atoms with Crippen molar-refractivity contribution in [1.82, 2.24) is 20.1 Å². The molecule has 0 unspecified atom stereocenters. The minimum absolute atomic E-state index is 0. The Morgan fingerprint density at radius 3 is 2.61 bits per heavy atom. The van der Waals surface area contributed by atoms with Crippen molar-refractivity contribution >= 4 is 18.3 Å². The molecule has 0 aliphatic carbocycles. The van der Waals surface area contributed by atoms with Crippen LogP contribution < -0.4 is 11.1 Å². The summed E-state index contributed by atoms with van der Waals surface area (Å²) in [4.78, 5) is 15.4. The van der Waals surface area contributed by atoms with E-state index in [-0.39, 0.29) is 23.9 Å². The fourth-order valence-corrected chi connectivity index (χ4v) is 1.43. The minimum atomic E-state index is -0.289. The fraction of sp³-hybridized carbons (Fsp3) is 0.727. The highest BCUT2D eigenvalue weighted by Gasteiger charge is 2.20. The lowest BCUT2D eigenvalue weighted by atomic mass is 9.94. The topological polar surface area (TPSA) is 85.8 Å². The Balaban J connectivity index is 0.00000289. The SMILES string of the molecule is CCC(N)(CC)CNC(=O)CCn1cncn1.Cl. The molecule has 7 heteroatoms. The smallest absolute Gasteiger partial charge is 0.221 e. The third-order valence-electron chi connectivity index (χ3n) is 3.08. The Kier molecular flexibility index (Phi) is 7.54. The molecular formula is C11H22ClN5O. The van der Waals surface area contributed by atoms with Crippen LogP contribution in [0.15, 0.2) is 12.7 Å². The van der Waals surface area contributed by atoms with E-state index in [0.717, 1.165) is 12.8 Å². The van der Waals surface area contributed by atoms with Gasteiger partial charge in [-0.2, -0.15) is 5.10 Å². The first-order chi connectivity index (χ1) is 8.09. The predicted molar refractivity (Wildman–Crippen MR) is 72.4 cm³/mol. The van der Waals surface area contributed by atoms with E-state index >= 15 is 0 Å². The molecule has 1 aromatic rings. The second-order valence-corrected chi connectivity index (χ2v) is 4.25. The van der Waals surface area contributed by atoms with Gasteiger partial charge in [0.25, 0.3) is 0 Å². The van der Waals surface area contributed by atoms with Crippen LogP contribution in [0.4, 0.5) is 0 Å². The van der Waals surface area contributed by atoms with E-state index in [1.807, 2.05) is 13.8 Å². The molecule has 1 rings (SSSR count). The van der Waals surface area contributed by atoms with Crippen molar-refractivity contribution in [3.8, 4) is 0 Å². The molecule has 0 saturated heterocycles. The average Bonchev–Trinajstić information content (AvgIpc) is 2.86. The summed E-state index contributed by atoms with van der Waals surface area (Å²) in [5.41, 5.74) is 5.80. The second-order valence-electron chi connectivity index (χ2n) is 4.25. The maximum absolute atomic E-state index is 11.6. The molecule has 18 heavy (non-hydrogen) atoms. The van der Waals surface area contributed by atoms with Gasteiger partial charge in [0, 0.05) is 18.5 Å². The minimum Gasteiger partial charge on any atom is -0.354 e. The number of halogens is 1. The zero-order valence-corrected chi connectivity index (χ0v) is 11.7. The van der Waals surface area contributed by atoms with Gasteiger partial charge in [-0.05, 0) is 12.8 Å². The molecule has 0 fully saturated rings. The number of rotatable bonds is 7. The molecule has 1 amide bonds. The third kappa shape index (κ3) is 5.46. The van der Waals surface area contributed by atoms with Crippen molar-refractivity contribution < 1.29 is 4.79 Å². The number of nitrogens with zero attached hydrogens (tertiary/aromatic N) is 3. The van der Waals surface area contributed by atoms with Crippen LogP contribution in [-0.4, -0.2) is 32.8 Å². The summed E-state index contributed by atoms with van der Waals surface area (Å²) in [7, 11) is 0. The third-order valence-corrected chi connectivity index (χ3v) is 3.08. The van der Waals surface area contributed by atoms with Crippen LogP contribution in [0.1, 0.15) is 33.1 Å². The Bertz CT molecular complexity index is 337. The number of nitrogens with two attached hydrogens (primary N) is 1. The molecule has 0 saturated carbocycles. The lowest BCUT2D eigenvalue weighted by Crippen LogP contribution is -2.49. The summed E-state index contributed by atoms with van der Waals surface area (Å²) < 4.78 is 1.63. The number of carbonyl (C=O) groups is 1. The highest BCUT2D eigenvalue weighted by atomic mass is 35.5. The van der Waals surface area contributed by atoms with Crippen LogP contribution in [0.2, 0.25) is 0 Å². The molecule has 6 nitrogen and oxygen atoms in total. The summed E-state index contributed by atoms with van der Waals surface area (Å²) in [6, 6.07) is 0. The maximum atomic E-state index is 11.6. The van der Waals surface area contributed by atoms with Gasteiger partial charge in [0.2, 0.25) is 5.91 Å². The zero-order valence-electron chi connectivity index (χ0n) is 10.9. The first-order valence-electron chi connectivity index (χ1n) is 5.97. The zero-order chi connectivity index (χ0) is 12.7. The number of amides is 1. The monoisotopic (exact) mass is 275 g/mol. The van der Waals surface area contributed by atoms with Crippen LogP contribution in [0, 0.1) is 0 Å². The van der Waals surface area contributed by atoms with E-state index in [4.69, 9.17) is 5.73 Å². The van der Waals surface area contributed by atoms with E-state index in [1.165, 1.54) is 6.33 Å². The molecule has 1 aromatic heterocycles. The highest BCUT2D eigenvalue weighted by molar-refractivity contribution is 5.85. The van der Waals surface area contributed by atoms with Crippen LogP contribution in [-0.2, 0) is 11.3 Å². The molecule has 3 N–H and O–H groups in total. The molecule has 104 valence electrons. The Morgan fingerprint density at radius 2 is 2.11 bits per heavy atom. The van der Waals surface area contributed by atoms with Crippen LogP contribution in [0.3, 0.4) is 0 Å². The lowest BCUT2D eigenvalue weighted by Gasteiger charge is -2.26. The predicted octanol–water partition coefficient (Wildman–Crippen LogP) is 0.724. The highest BCUT2D eigenvalue weighted by Crippen LogP contribution is 2.09. The Labute approximate surface area is 114 Å². The summed E-state index contributed by atoms with van der Waals surface area (Å²) in [5, 5.41) is 6.79. The molecule has 0 aliphatic heterocycles. The van der Waals surface area contributed by atoms with E-state index in [1.54, 1.807) is 11.0 Å². The van der Waals surface area contributed by atoms with Gasteiger partial charge < -0.3 is 11.1 Å². The van der Waals surface area contributed by atoms with Gasteiger partial charge in [-0.25, -0.2) is 4.98 Å². The first kappa shape index (κ1) is 16.9. The molecule has 0 atom stereocenters. The van der Waals surface area contributed by atoms with Crippen molar-refractivity contribution in [3.63, 3.8) is 0 Å². The van der Waals surface area contributed by atoms with Gasteiger partial charge >= 0.3 is 0 Å². The average molecular weight is 276 g/mol. The van der Waals surface area contributed by atoms with Crippen molar-refractivity contribution in [2.24, 2.45) is 5.73 Å². The van der Waals surface area contributed by atoms with Gasteiger partial charge in [0.15, 0.2) is 0 Å². The first-order valence-corrected chi connectivity index (χ1v) is 5.97. The fourth-order valence-electron chi connectivity index (χ4n) is 1.43. The second kappa shape index (κ2) is 8.05. The van der Waals surface area contributed by atoms with Crippen LogP contribution in [0.25, 0.3) is 0 Å². The number of hydrogen-bond acceptors (Lipinski definition) is 4. The maximum Gasteiger partial charge on any atom is 0.221 e. The van der Waals surface area contributed by atoms with Crippen molar-refractivity contribution in [3.05, 3.63) is 12.7 Å². The lowest BCUT2D eigenvalue weighted by molar-refractivity contribution is -0.121. The molecule has 1 heterocycles. The number of aromatic nitrogens is 3. The van der Waals surface area contributed by atoms with Gasteiger partial charge in [0.1, 0.15) is 12.7 Å². The van der Waals surface area contributed by atoms with Crippen molar-refractivity contribution in [2.75, 3.05) is 6.54 Å². The molecule has 0 spiro atoms. The molecule has 0 radical (unpaired) electrons. The van der Waals surface area contributed by atoms with Gasteiger partial charge in [-0.3, -0.25) is 9.48 Å². The van der Waals surface area contributed by atoms with E-state index in [0.29, 0.717) is 19.5 Å².